The van der Waals surface area contributed by atoms with Crippen molar-refractivity contribution in [1.82, 2.24) is 4.72 Å². The Morgan fingerprint density at radius 2 is 2.10 bits per heavy atom. The topological polar surface area (TPSA) is 105 Å². The fraction of sp³-hybridized carbons (Fsp3) is 0.500. The zero-order chi connectivity index (χ0) is 15.3. The molecule has 1 aliphatic carbocycles. The van der Waals surface area contributed by atoms with E-state index in [1.165, 1.54) is 31.0 Å². The van der Waals surface area contributed by atoms with E-state index in [9.17, 15) is 8.42 Å². The molecule has 0 heterocycles. The summed E-state index contributed by atoms with van der Waals surface area (Å²) in [7, 11) is -3.68. The first kappa shape index (κ1) is 15.8. The smallest absolute Gasteiger partial charge is 0.242 e. The lowest BCUT2D eigenvalue weighted by atomic mass is 10.2. The van der Waals surface area contributed by atoms with Gasteiger partial charge in [0.05, 0.1) is 30.0 Å². The van der Waals surface area contributed by atoms with Crippen molar-refractivity contribution in [1.29, 1.82) is 5.26 Å². The van der Waals surface area contributed by atoms with Crippen molar-refractivity contribution in [2.75, 3.05) is 18.9 Å². The van der Waals surface area contributed by atoms with Gasteiger partial charge in [0, 0.05) is 6.54 Å². The number of nitrogen functional groups attached to an aromatic ring is 1. The maximum absolute atomic E-state index is 12.1. The zero-order valence-electron chi connectivity index (χ0n) is 11.7. The highest BCUT2D eigenvalue weighted by Crippen LogP contribution is 2.21. The number of hydrogen-bond acceptors (Lipinski definition) is 5. The van der Waals surface area contributed by atoms with E-state index in [2.05, 4.69) is 4.72 Å². The zero-order valence-corrected chi connectivity index (χ0v) is 12.5. The number of benzene rings is 1. The third kappa shape index (κ3) is 4.17. The molecule has 0 amide bonds. The lowest BCUT2D eigenvalue weighted by molar-refractivity contribution is 0.0626. The standard InChI is InChI=1S/C14H19N3O3S/c15-10-11-5-6-14(13(16)9-11)21(18,19)17-7-8-20-12-3-1-2-4-12/h5-6,9,12,17H,1-4,7-8,16H2. The van der Waals surface area contributed by atoms with Gasteiger partial charge in [0.25, 0.3) is 0 Å². The molecule has 0 spiro atoms. The van der Waals surface area contributed by atoms with Gasteiger partial charge in [-0.1, -0.05) is 12.8 Å². The van der Waals surface area contributed by atoms with E-state index in [1.807, 2.05) is 6.07 Å². The molecule has 1 saturated carbocycles. The molecular weight excluding hydrogens is 290 g/mol. The molecule has 1 aliphatic rings. The minimum Gasteiger partial charge on any atom is -0.398 e. The van der Waals surface area contributed by atoms with Crippen molar-refractivity contribution >= 4 is 15.7 Å². The van der Waals surface area contributed by atoms with Gasteiger partial charge in [0.2, 0.25) is 10.0 Å². The highest BCUT2D eigenvalue weighted by atomic mass is 32.2. The SMILES string of the molecule is N#Cc1ccc(S(=O)(=O)NCCOC2CCCC2)c(N)c1. The lowest BCUT2D eigenvalue weighted by Crippen LogP contribution is -2.29. The third-order valence-electron chi connectivity index (χ3n) is 3.48. The Labute approximate surface area is 125 Å². The van der Waals surface area contributed by atoms with Crippen LogP contribution in [-0.2, 0) is 14.8 Å². The number of nitrogens with two attached hydrogens (primary N) is 1. The molecule has 7 heteroatoms. The summed E-state index contributed by atoms with van der Waals surface area (Å²) >= 11 is 0. The van der Waals surface area contributed by atoms with Gasteiger partial charge in [-0.3, -0.25) is 0 Å². The van der Waals surface area contributed by atoms with Gasteiger partial charge < -0.3 is 10.5 Å². The fourth-order valence-corrected chi connectivity index (χ4v) is 3.52. The number of nitrogens with one attached hydrogen (secondary N) is 1. The number of nitrogens with zero attached hydrogens (tertiary/aromatic N) is 1. The Morgan fingerprint density at radius 3 is 2.71 bits per heavy atom. The molecule has 21 heavy (non-hydrogen) atoms. The molecule has 1 aromatic rings. The number of nitriles is 1. The van der Waals surface area contributed by atoms with Gasteiger partial charge in [-0.15, -0.1) is 0 Å². The van der Waals surface area contributed by atoms with E-state index in [1.54, 1.807) is 0 Å². The van der Waals surface area contributed by atoms with Gasteiger partial charge in [-0.25, -0.2) is 13.1 Å². The maximum atomic E-state index is 12.1. The minimum atomic E-state index is -3.68. The van der Waals surface area contributed by atoms with Crippen molar-refractivity contribution in [3.05, 3.63) is 23.8 Å². The van der Waals surface area contributed by atoms with E-state index in [-0.39, 0.29) is 23.2 Å². The van der Waals surface area contributed by atoms with E-state index in [4.69, 9.17) is 15.7 Å². The molecule has 6 nitrogen and oxygen atoms in total. The molecule has 1 fully saturated rings. The van der Waals surface area contributed by atoms with Crippen LogP contribution in [0.1, 0.15) is 31.2 Å². The van der Waals surface area contributed by atoms with Crippen LogP contribution in [0.4, 0.5) is 5.69 Å². The van der Waals surface area contributed by atoms with Crippen LogP contribution < -0.4 is 10.5 Å². The van der Waals surface area contributed by atoms with Crippen molar-refractivity contribution < 1.29 is 13.2 Å². The van der Waals surface area contributed by atoms with E-state index >= 15 is 0 Å². The molecule has 0 bridgehead atoms. The summed E-state index contributed by atoms with van der Waals surface area (Å²) in [5.41, 5.74) is 6.08. The van der Waals surface area contributed by atoms with Crippen LogP contribution in [0.5, 0.6) is 0 Å². The summed E-state index contributed by atoms with van der Waals surface area (Å²) < 4.78 is 32.3. The summed E-state index contributed by atoms with van der Waals surface area (Å²) in [6.45, 7) is 0.554. The molecule has 0 aromatic heterocycles. The van der Waals surface area contributed by atoms with Crippen LogP contribution in [0.25, 0.3) is 0 Å². The summed E-state index contributed by atoms with van der Waals surface area (Å²) in [5.74, 6) is 0. The second-order valence-corrected chi connectivity index (χ2v) is 6.77. The summed E-state index contributed by atoms with van der Waals surface area (Å²) in [5, 5.41) is 8.75. The molecule has 114 valence electrons. The highest BCUT2D eigenvalue weighted by Gasteiger charge is 2.18. The van der Waals surface area contributed by atoms with Crippen molar-refractivity contribution in [2.24, 2.45) is 0 Å². The number of ether oxygens (including phenoxy) is 1. The average Bonchev–Trinajstić information content (AvgIpc) is 2.96. The minimum absolute atomic E-state index is 0.0117. The van der Waals surface area contributed by atoms with E-state index in [0.717, 1.165) is 12.8 Å². The fourth-order valence-electron chi connectivity index (χ4n) is 2.40. The highest BCUT2D eigenvalue weighted by molar-refractivity contribution is 7.89. The number of hydrogen-bond donors (Lipinski definition) is 2. The van der Waals surface area contributed by atoms with E-state index < -0.39 is 10.0 Å². The monoisotopic (exact) mass is 309 g/mol. The van der Waals surface area contributed by atoms with Gasteiger partial charge in [0.1, 0.15) is 4.90 Å². The first-order chi connectivity index (χ1) is 10.0. The molecular formula is C14H19N3O3S. The molecule has 0 radical (unpaired) electrons. The molecule has 2 rings (SSSR count). The lowest BCUT2D eigenvalue weighted by Gasteiger charge is -2.12. The maximum Gasteiger partial charge on any atom is 0.242 e. The molecule has 0 unspecified atom stereocenters. The van der Waals surface area contributed by atoms with Crippen LogP contribution in [-0.4, -0.2) is 27.7 Å². The average molecular weight is 309 g/mol. The quantitative estimate of drug-likeness (QED) is 0.610. The molecule has 0 atom stereocenters. The Morgan fingerprint density at radius 1 is 1.38 bits per heavy atom. The predicted octanol–water partition coefficient (Wildman–Crippen LogP) is 1.38. The molecule has 1 aromatic carbocycles. The van der Waals surface area contributed by atoms with Gasteiger partial charge >= 0.3 is 0 Å². The second kappa shape index (κ2) is 6.89. The Bertz CT molecular complexity index is 631. The van der Waals surface area contributed by atoms with Crippen LogP contribution in [0, 0.1) is 11.3 Å². The van der Waals surface area contributed by atoms with Gasteiger partial charge in [-0.05, 0) is 31.0 Å². The Hall–Kier alpha value is -1.62. The largest absolute Gasteiger partial charge is 0.398 e. The third-order valence-corrected chi connectivity index (χ3v) is 5.01. The number of sulfonamides is 1. The second-order valence-electron chi connectivity index (χ2n) is 5.04. The number of anilines is 1. The first-order valence-corrected chi connectivity index (χ1v) is 8.42. The molecule has 0 aliphatic heterocycles. The van der Waals surface area contributed by atoms with Gasteiger partial charge in [-0.2, -0.15) is 5.26 Å². The Balaban J connectivity index is 1.90. The molecule has 0 saturated heterocycles. The van der Waals surface area contributed by atoms with Crippen molar-refractivity contribution in [2.45, 2.75) is 36.7 Å². The van der Waals surface area contributed by atoms with Crippen molar-refractivity contribution in [3.63, 3.8) is 0 Å². The first-order valence-electron chi connectivity index (χ1n) is 6.94. The van der Waals surface area contributed by atoms with E-state index in [0.29, 0.717) is 12.2 Å². The van der Waals surface area contributed by atoms with Crippen LogP contribution >= 0.6 is 0 Å². The predicted molar refractivity (Wildman–Crippen MR) is 79.0 cm³/mol. The summed E-state index contributed by atoms with van der Waals surface area (Å²) in [6.07, 6.45) is 4.72. The van der Waals surface area contributed by atoms with Crippen LogP contribution in [0.15, 0.2) is 23.1 Å². The number of rotatable bonds is 6. The van der Waals surface area contributed by atoms with Gasteiger partial charge in [0.15, 0.2) is 0 Å². The van der Waals surface area contributed by atoms with Crippen molar-refractivity contribution in [3.8, 4) is 6.07 Å². The normalized spacial score (nSPS) is 16.0. The van der Waals surface area contributed by atoms with Crippen LogP contribution in [0.2, 0.25) is 0 Å². The summed E-state index contributed by atoms with van der Waals surface area (Å²) in [6, 6.07) is 6.04. The van der Waals surface area contributed by atoms with Crippen LogP contribution in [0.3, 0.4) is 0 Å². The summed E-state index contributed by atoms with van der Waals surface area (Å²) in [4.78, 5) is -0.0117. The molecule has 3 N–H and O–H groups in total. The Kier molecular flexibility index (Phi) is 5.17.